The lowest BCUT2D eigenvalue weighted by molar-refractivity contribution is 0.242. The van der Waals surface area contributed by atoms with Gasteiger partial charge in [-0.1, -0.05) is 42.5 Å². The third-order valence-electron chi connectivity index (χ3n) is 2.95. The quantitative estimate of drug-likeness (QED) is 0.484. The van der Waals surface area contributed by atoms with Crippen LogP contribution in [0.2, 0.25) is 0 Å². The van der Waals surface area contributed by atoms with Crippen molar-refractivity contribution in [1.82, 2.24) is 10.7 Å². The zero-order valence-corrected chi connectivity index (χ0v) is 14.1. The van der Waals surface area contributed by atoms with E-state index < -0.39 is 0 Å². The summed E-state index contributed by atoms with van der Waals surface area (Å²) in [5.74, 6) is 0.802. The molecular formula is C18H21N3OS. The summed E-state index contributed by atoms with van der Waals surface area (Å²) < 4.78 is 5.74. The number of hydrogen-bond acceptors (Lipinski definition) is 3. The van der Waals surface area contributed by atoms with Crippen molar-refractivity contribution >= 4 is 23.5 Å². The Kier molecular flexibility index (Phi) is 6.56. The van der Waals surface area contributed by atoms with Gasteiger partial charge in [-0.15, -0.1) is 0 Å². The number of ether oxygens (including phenoxy) is 1. The van der Waals surface area contributed by atoms with Gasteiger partial charge in [-0.3, -0.25) is 5.43 Å². The van der Waals surface area contributed by atoms with Gasteiger partial charge in [-0.05, 0) is 43.8 Å². The largest absolute Gasteiger partial charge is 0.490 e. The number of hydrogen-bond donors (Lipinski definition) is 2. The normalized spacial score (nSPS) is 10.7. The van der Waals surface area contributed by atoms with Crippen molar-refractivity contribution in [2.75, 3.05) is 0 Å². The van der Waals surface area contributed by atoms with Crippen molar-refractivity contribution in [2.45, 2.75) is 26.5 Å². The summed E-state index contributed by atoms with van der Waals surface area (Å²) in [6.07, 6.45) is 1.82. The lowest BCUT2D eigenvalue weighted by Crippen LogP contribution is -2.31. The topological polar surface area (TPSA) is 45.6 Å². The highest BCUT2D eigenvalue weighted by Crippen LogP contribution is 2.17. The summed E-state index contributed by atoms with van der Waals surface area (Å²) in [5.41, 5.74) is 4.88. The number of nitrogens with one attached hydrogen (secondary N) is 2. The van der Waals surface area contributed by atoms with Crippen molar-refractivity contribution in [3.63, 3.8) is 0 Å². The molecule has 0 unspecified atom stereocenters. The first kappa shape index (κ1) is 17.0. The maximum atomic E-state index is 5.74. The van der Waals surface area contributed by atoms with Crippen LogP contribution in [0.1, 0.15) is 25.0 Å². The number of rotatable bonds is 6. The Labute approximate surface area is 142 Å². The average Bonchev–Trinajstić information content (AvgIpc) is 2.55. The molecule has 0 aliphatic rings. The number of hydrazone groups is 1. The van der Waals surface area contributed by atoms with Crippen LogP contribution in [0, 0.1) is 0 Å². The minimum Gasteiger partial charge on any atom is -0.490 e. The zero-order chi connectivity index (χ0) is 16.5. The van der Waals surface area contributed by atoms with E-state index in [4.69, 9.17) is 17.0 Å². The van der Waals surface area contributed by atoms with Crippen molar-refractivity contribution < 1.29 is 4.74 Å². The first-order valence-corrected chi connectivity index (χ1v) is 7.92. The van der Waals surface area contributed by atoms with E-state index in [1.165, 1.54) is 0 Å². The molecule has 0 fully saturated rings. The molecule has 2 aromatic rings. The van der Waals surface area contributed by atoms with Crippen LogP contribution in [-0.4, -0.2) is 17.4 Å². The molecule has 0 bridgehead atoms. The van der Waals surface area contributed by atoms with E-state index in [9.17, 15) is 0 Å². The number of benzene rings is 2. The second kappa shape index (κ2) is 8.90. The highest BCUT2D eigenvalue weighted by Gasteiger charge is 2.02. The molecule has 0 atom stereocenters. The molecule has 0 amide bonds. The van der Waals surface area contributed by atoms with Crippen molar-refractivity contribution in [3.8, 4) is 5.75 Å². The predicted molar refractivity (Wildman–Crippen MR) is 98.8 cm³/mol. The van der Waals surface area contributed by atoms with Gasteiger partial charge in [0, 0.05) is 12.1 Å². The smallest absolute Gasteiger partial charge is 0.187 e. The molecule has 0 radical (unpaired) electrons. The summed E-state index contributed by atoms with van der Waals surface area (Å²) in [5, 5.41) is 7.75. The molecule has 0 heterocycles. The first-order chi connectivity index (χ1) is 11.1. The Balaban J connectivity index is 1.85. The number of nitrogens with zero attached hydrogens (tertiary/aromatic N) is 1. The van der Waals surface area contributed by atoms with E-state index in [-0.39, 0.29) is 6.10 Å². The van der Waals surface area contributed by atoms with Gasteiger partial charge < -0.3 is 10.1 Å². The fourth-order valence-corrected chi connectivity index (χ4v) is 2.05. The van der Waals surface area contributed by atoms with E-state index >= 15 is 0 Å². The Bertz CT molecular complexity index is 656. The fraction of sp³-hybridized carbons (Fsp3) is 0.222. The van der Waals surface area contributed by atoms with Crippen LogP contribution in [0.5, 0.6) is 5.75 Å². The Morgan fingerprint density at radius 1 is 1.13 bits per heavy atom. The van der Waals surface area contributed by atoms with Crippen LogP contribution < -0.4 is 15.5 Å². The maximum absolute atomic E-state index is 5.74. The zero-order valence-electron chi connectivity index (χ0n) is 13.3. The monoisotopic (exact) mass is 327 g/mol. The van der Waals surface area contributed by atoms with Gasteiger partial charge in [0.2, 0.25) is 0 Å². The summed E-state index contributed by atoms with van der Waals surface area (Å²) in [4.78, 5) is 0. The van der Waals surface area contributed by atoms with Gasteiger partial charge >= 0.3 is 0 Å². The van der Waals surface area contributed by atoms with Crippen molar-refractivity contribution in [1.29, 1.82) is 0 Å². The summed E-state index contributed by atoms with van der Waals surface area (Å²) in [6.45, 7) is 4.65. The molecule has 4 nitrogen and oxygen atoms in total. The fourth-order valence-electron chi connectivity index (χ4n) is 1.93. The van der Waals surface area contributed by atoms with Crippen LogP contribution in [0.15, 0.2) is 59.7 Å². The minimum absolute atomic E-state index is 0.117. The van der Waals surface area contributed by atoms with Crippen LogP contribution in [0.3, 0.4) is 0 Å². The molecule has 23 heavy (non-hydrogen) atoms. The van der Waals surface area contributed by atoms with Crippen LogP contribution >= 0.6 is 12.2 Å². The minimum atomic E-state index is 0.117. The molecule has 2 rings (SSSR count). The van der Waals surface area contributed by atoms with Gasteiger partial charge in [0.05, 0.1) is 12.3 Å². The molecular weight excluding hydrogens is 306 g/mol. The summed E-state index contributed by atoms with van der Waals surface area (Å²) >= 11 is 5.20. The van der Waals surface area contributed by atoms with E-state index in [1.807, 2.05) is 68.4 Å². The highest BCUT2D eigenvalue weighted by molar-refractivity contribution is 7.80. The Hall–Kier alpha value is -2.40. The molecule has 0 aliphatic heterocycles. The third-order valence-corrected chi connectivity index (χ3v) is 3.18. The molecule has 0 saturated heterocycles. The molecule has 0 spiro atoms. The van der Waals surface area contributed by atoms with E-state index in [0.717, 1.165) is 16.9 Å². The molecule has 0 saturated carbocycles. The van der Waals surface area contributed by atoms with Crippen molar-refractivity contribution in [2.24, 2.45) is 5.10 Å². The van der Waals surface area contributed by atoms with Crippen LogP contribution in [0.25, 0.3) is 0 Å². The third kappa shape index (κ3) is 6.08. The number of thiocarbonyl (C=S) groups is 1. The molecule has 2 N–H and O–H groups in total. The molecule has 0 aliphatic carbocycles. The Morgan fingerprint density at radius 2 is 1.83 bits per heavy atom. The number of para-hydroxylation sites is 1. The molecule has 120 valence electrons. The van der Waals surface area contributed by atoms with E-state index in [0.29, 0.717) is 11.7 Å². The summed E-state index contributed by atoms with van der Waals surface area (Å²) in [6, 6.07) is 17.8. The van der Waals surface area contributed by atoms with Crippen LogP contribution in [-0.2, 0) is 6.54 Å². The van der Waals surface area contributed by atoms with E-state index in [1.54, 1.807) is 6.21 Å². The van der Waals surface area contributed by atoms with E-state index in [2.05, 4.69) is 15.8 Å². The van der Waals surface area contributed by atoms with Gasteiger partial charge in [-0.25, -0.2) is 0 Å². The standard InChI is InChI=1S/C18H21N3OS/c1-14(2)22-17-11-7-6-10-16(17)13-20-21-18(23)19-12-15-8-4-3-5-9-15/h3-11,13-14H,12H2,1-2H3,(H2,19,21,23)/b20-13-. The summed E-state index contributed by atoms with van der Waals surface area (Å²) in [7, 11) is 0. The van der Waals surface area contributed by atoms with Gasteiger partial charge in [0.15, 0.2) is 5.11 Å². The lowest BCUT2D eigenvalue weighted by Gasteiger charge is -2.12. The van der Waals surface area contributed by atoms with Gasteiger partial charge in [-0.2, -0.15) is 5.10 Å². The maximum Gasteiger partial charge on any atom is 0.187 e. The molecule has 2 aromatic carbocycles. The van der Waals surface area contributed by atoms with Crippen LogP contribution in [0.4, 0.5) is 0 Å². The SMILES string of the molecule is CC(C)Oc1ccccc1/C=N\NC(=S)NCc1ccccc1. The second-order valence-electron chi connectivity index (χ2n) is 5.24. The van der Waals surface area contributed by atoms with Gasteiger partial charge in [0.1, 0.15) is 5.75 Å². The Morgan fingerprint density at radius 3 is 2.57 bits per heavy atom. The predicted octanol–water partition coefficient (Wildman–Crippen LogP) is 3.47. The lowest BCUT2D eigenvalue weighted by atomic mass is 10.2. The highest BCUT2D eigenvalue weighted by atomic mass is 32.1. The van der Waals surface area contributed by atoms with Gasteiger partial charge in [0.25, 0.3) is 0 Å². The second-order valence-corrected chi connectivity index (χ2v) is 5.65. The molecule has 5 heteroatoms. The average molecular weight is 327 g/mol. The molecule has 0 aromatic heterocycles. The van der Waals surface area contributed by atoms with Crippen molar-refractivity contribution in [3.05, 3.63) is 65.7 Å². The first-order valence-electron chi connectivity index (χ1n) is 7.51.